The average molecular weight is 409 g/mol. The predicted octanol–water partition coefficient (Wildman–Crippen LogP) is 3.28. The van der Waals surface area contributed by atoms with Crippen LogP contribution < -0.4 is 4.74 Å². The number of rotatable bonds is 6. The lowest BCUT2D eigenvalue weighted by molar-refractivity contribution is -0.134. The van der Waals surface area contributed by atoms with Crippen molar-refractivity contribution in [2.45, 2.75) is 62.8 Å². The van der Waals surface area contributed by atoms with Gasteiger partial charge in [0, 0.05) is 26.2 Å². The highest BCUT2D eigenvalue weighted by Gasteiger charge is 2.26. The minimum absolute atomic E-state index is 0.0270. The lowest BCUT2D eigenvalue weighted by Crippen LogP contribution is -2.41. The lowest BCUT2D eigenvalue weighted by Gasteiger charge is -2.33. The Morgan fingerprint density at radius 3 is 2.29 bits per heavy atom. The number of carbonyl (C=O) groups is 1. The zero-order chi connectivity index (χ0) is 20.1. The molecule has 2 fully saturated rings. The quantitative estimate of drug-likeness (QED) is 0.724. The SMILES string of the molecule is CC1CCC(N(C)C(=O)COc2ccc(S(=O)(=O)N3CCCCC3)cc2)CC1. The highest BCUT2D eigenvalue weighted by atomic mass is 32.2. The number of nitrogens with zero attached hydrogens (tertiary/aromatic N) is 2. The van der Waals surface area contributed by atoms with Gasteiger partial charge < -0.3 is 9.64 Å². The molecular formula is C21H32N2O4S. The van der Waals surface area contributed by atoms with Crippen molar-refractivity contribution < 1.29 is 17.9 Å². The van der Waals surface area contributed by atoms with Crippen molar-refractivity contribution >= 4 is 15.9 Å². The Morgan fingerprint density at radius 1 is 1.07 bits per heavy atom. The van der Waals surface area contributed by atoms with Gasteiger partial charge in [0.2, 0.25) is 10.0 Å². The molecule has 1 aromatic rings. The number of hydrogen-bond donors (Lipinski definition) is 0. The molecule has 6 nitrogen and oxygen atoms in total. The smallest absolute Gasteiger partial charge is 0.260 e. The van der Waals surface area contributed by atoms with Gasteiger partial charge in [-0.25, -0.2) is 8.42 Å². The molecule has 7 heteroatoms. The fraction of sp³-hybridized carbons (Fsp3) is 0.667. The molecular weight excluding hydrogens is 376 g/mol. The summed E-state index contributed by atoms with van der Waals surface area (Å²) in [4.78, 5) is 14.5. The highest BCUT2D eigenvalue weighted by Crippen LogP contribution is 2.27. The molecule has 1 aromatic carbocycles. The highest BCUT2D eigenvalue weighted by molar-refractivity contribution is 7.89. The topological polar surface area (TPSA) is 66.9 Å². The van der Waals surface area contributed by atoms with E-state index >= 15 is 0 Å². The Kier molecular flexibility index (Phi) is 6.99. The molecule has 0 atom stereocenters. The number of likely N-dealkylation sites (N-methyl/N-ethyl adjacent to an activating group) is 1. The van der Waals surface area contributed by atoms with Crippen LogP contribution in [0.5, 0.6) is 5.75 Å². The molecule has 0 unspecified atom stereocenters. The molecule has 1 amide bonds. The number of hydrogen-bond acceptors (Lipinski definition) is 4. The van der Waals surface area contributed by atoms with Crippen LogP contribution in [0.4, 0.5) is 0 Å². The van der Waals surface area contributed by atoms with Gasteiger partial charge in [-0.1, -0.05) is 13.3 Å². The predicted molar refractivity (Wildman–Crippen MR) is 109 cm³/mol. The first-order valence-corrected chi connectivity index (χ1v) is 11.8. The second-order valence-corrected chi connectivity index (χ2v) is 10.1. The molecule has 3 rings (SSSR count). The first-order chi connectivity index (χ1) is 13.4. The summed E-state index contributed by atoms with van der Waals surface area (Å²) < 4.78 is 32.5. The van der Waals surface area contributed by atoms with E-state index in [2.05, 4.69) is 6.92 Å². The monoisotopic (exact) mass is 408 g/mol. The molecule has 1 saturated carbocycles. The van der Waals surface area contributed by atoms with Crippen LogP contribution in [0.25, 0.3) is 0 Å². The molecule has 28 heavy (non-hydrogen) atoms. The zero-order valence-electron chi connectivity index (χ0n) is 17.0. The first-order valence-electron chi connectivity index (χ1n) is 10.4. The third-order valence-electron chi connectivity index (χ3n) is 6.07. The van der Waals surface area contributed by atoms with Crippen LogP contribution in [-0.2, 0) is 14.8 Å². The van der Waals surface area contributed by atoms with Crippen LogP contribution >= 0.6 is 0 Å². The number of benzene rings is 1. The number of carbonyl (C=O) groups excluding carboxylic acids is 1. The van der Waals surface area contributed by atoms with Crippen LogP contribution in [0.15, 0.2) is 29.2 Å². The Labute approximate surface area is 168 Å². The normalized spacial score (nSPS) is 23.9. The van der Waals surface area contributed by atoms with Gasteiger partial charge in [0.25, 0.3) is 5.91 Å². The van der Waals surface area contributed by atoms with Crippen LogP contribution in [0.3, 0.4) is 0 Å². The second-order valence-electron chi connectivity index (χ2n) is 8.14. The van der Waals surface area contributed by atoms with E-state index in [4.69, 9.17) is 4.74 Å². The summed E-state index contributed by atoms with van der Waals surface area (Å²) >= 11 is 0. The van der Waals surface area contributed by atoms with Gasteiger partial charge in [-0.2, -0.15) is 4.31 Å². The molecule has 0 spiro atoms. The third kappa shape index (κ3) is 5.06. The molecule has 2 aliphatic rings. The van der Waals surface area contributed by atoms with Gasteiger partial charge in [0.05, 0.1) is 4.90 Å². The van der Waals surface area contributed by atoms with Crippen molar-refractivity contribution in [3.63, 3.8) is 0 Å². The van der Waals surface area contributed by atoms with E-state index in [0.717, 1.165) is 50.9 Å². The summed E-state index contributed by atoms with van der Waals surface area (Å²) in [5.41, 5.74) is 0. The number of amides is 1. The summed E-state index contributed by atoms with van der Waals surface area (Å²) in [6.45, 7) is 3.40. The van der Waals surface area contributed by atoms with Crippen LogP contribution in [-0.4, -0.2) is 56.3 Å². The van der Waals surface area contributed by atoms with E-state index < -0.39 is 10.0 Å². The van der Waals surface area contributed by atoms with Crippen molar-refractivity contribution in [2.24, 2.45) is 5.92 Å². The molecule has 0 bridgehead atoms. The summed E-state index contributed by atoms with van der Waals surface area (Å²) in [5.74, 6) is 1.22. The number of piperidine rings is 1. The van der Waals surface area contributed by atoms with E-state index in [0.29, 0.717) is 24.9 Å². The fourth-order valence-corrected chi connectivity index (χ4v) is 5.56. The summed E-state index contributed by atoms with van der Waals surface area (Å²) in [6.07, 6.45) is 7.33. The summed E-state index contributed by atoms with van der Waals surface area (Å²) in [7, 11) is -1.59. The number of sulfonamides is 1. The van der Waals surface area contributed by atoms with E-state index in [1.54, 1.807) is 33.5 Å². The van der Waals surface area contributed by atoms with E-state index in [1.165, 1.54) is 0 Å². The third-order valence-corrected chi connectivity index (χ3v) is 7.98. The minimum atomic E-state index is -3.44. The Hall–Kier alpha value is -1.60. The summed E-state index contributed by atoms with van der Waals surface area (Å²) in [5, 5.41) is 0. The van der Waals surface area contributed by atoms with Crippen LogP contribution in [0, 0.1) is 5.92 Å². The van der Waals surface area contributed by atoms with Crippen molar-refractivity contribution in [2.75, 3.05) is 26.7 Å². The lowest BCUT2D eigenvalue weighted by atomic mass is 9.87. The zero-order valence-corrected chi connectivity index (χ0v) is 17.8. The molecule has 0 radical (unpaired) electrons. The van der Waals surface area contributed by atoms with Gasteiger partial charge >= 0.3 is 0 Å². The number of ether oxygens (including phenoxy) is 1. The maximum Gasteiger partial charge on any atom is 0.260 e. The van der Waals surface area contributed by atoms with Gasteiger partial charge in [-0.3, -0.25) is 4.79 Å². The average Bonchev–Trinajstić information content (AvgIpc) is 2.73. The van der Waals surface area contributed by atoms with Gasteiger partial charge in [-0.05, 0) is 68.7 Å². The standard InChI is InChI=1S/C21H32N2O4S/c1-17-6-8-18(9-7-17)22(2)21(24)16-27-19-10-12-20(13-11-19)28(25,26)23-14-4-3-5-15-23/h10-13,17-18H,3-9,14-16H2,1-2H3. The molecule has 0 N–H and O–H groups in total. The first kappa shape index (κ1) is 21.1. The Morgan fingerprint density at radius 2 is 1.68 bits per heavy atom. The van der Waals surface area contributed by atoms with Crippen molar-refractivity contribution in [1.29, 1.82) is 0 Å². The maximum absolute atomic E-state index is 12.7. The largest absolute Gasteiger partial charge is 0.484 e. The van der Waals surface area contributed by atoms with E-state index in [1.807, 2.05) is 7.05 Å². The van der Waals surface area contributed by atoms with Crippen molar-refractivity contribution in [3.8, 4) is 5.75 Å². The fourth-order valence-electron chi connectivity index (χ4n) is 4.04. The van der Waals surface area contributed by atoms with E-state index in [9.17, 15) is 13.2 Å². The minimum Gasteiger partial charge on any atom is -0.484 e. The second kappa shape index (κ2) is 9.27. The Balaban J connectivity index is 1.53. The van der Waals surface area contributed by atoms with Crippen molar-refractivity contribution in [1.82, 2.24) is 9.21 Å². The van der Waals surface area contributed by atoms with Crippen molar-refractivity contribution in [3.05, 3.63) is 24.3 Å². The summed E-state index contributed by atoms with van der Waals surface area (Å²) in [6, 6.07) is 6.69. The van der Waals surface area contributed by atoms with Crippen LogP contribution in [0.1, 0.15) is 51.9 Å². The molecule has 1 aliphatic carbocycles. The molecule has 1 heterocycles. The Bertz CT molecular complexity index is 749. The molecule has 1 saturated heterocycles. The van der Waals surface area contributed by atoms with Crippen LogP contribution in [0.2, 0.25) is 0 Å². The molecule has 156 valence electrons. The van der Waals surface area contributed by atoms with Gasteiger partial charge in [-0.15, -0.1) is 0 Å². The molecule has 0 aromatic heterocycles. The maximum atomic E-state index is 12.7. The molecule has 1 aliphatic heterocycles. The van der Waals surface area contributed by atoms with Gasteiger partial charge in [0.15, 0.2) is 6.61 Å². The van der Waals surface area contributed by atoms with E-state index in [-0.39, 0.29) is 17.4 Å². The van der Waals surface area contributed by atoms with Gasteiger partial charge in [0.1, 0.15) is 5.75 Å².